The van der Waals surface area contributed by atoms with E-state index in [-0.39, 0.29) is 0 Å². The van der Waals surface area contributed by atoms with Crippen molar-refractivity contribution in [2.24, 2.45) is 0 Å². The molecule has 0 aliphatic carbocycles. The van der Waals surface area contributed by atoms with Crippen molar-refractivity contribution in [3.05, 3.63) is 71.5 Å². The quantitative estimate of drug-likeness (QED) is 0.581. The second kappa shape index (κ2) is 6.32. The third kappa shape index (κ3) is 2.82. The fraction of sp³-hybridized carbons (Fsp3) is 0.217. The van der Waals surface area contributed by atoms with Gasteiger partial charge >= 0.3 is 0 Å². The maximum Gasteiger partial charge on any atom is 0.156 e. The number of aromatic amines is 1. The number of rotatable bonds is 2. The summed E-state index contributed by atoms with van der Waals surface area (Å²) < 4.78 is 0. The molecule has 3 heterocycles. The van der Waals surface area contributed by atoms with E-state index in [1.54, 1.807) is 0 Å². The van der Waals surface area contributed by atoms with Gasteiger partial charge in [0.1, 0.15) is 5.52 Å². The molecule has 2 aromatic heterocycles. The Balaban J connectivity index is 1.64. The normalized spacial score (nSPS) is 14.4. The van der Waals surface area contributed by atoms with Gasteiger partial charge in [0.15, 0.2) is 5.65 Å². The summed E-state index contributed by atoms with van der Waals surface area (Å²) in [6.45, 7) is 4.33. The summed E-state index contributed by atoms with van der Waals surface area (Å²) in [4.78, 5) is 15.2. The lowest BCUT2D eigenvalue weighted by atomic mass is 9.92. The molecule has 0 saturated heterocycles. The van der Waals surface area contributed by atoms with E-state index in [1.165, 1.54) is 16.7 Å². The number of nitrogens with zero attached hydrogens (tertiary/aromatic N) is 3. The highest BCUT2D eigenvalue weighted by atomic mass is 15.1. The predicted molar refractivity (Wildman–Crippen MR) is 108 cm³/mol. The molecule has 0 bridgehead atoms. The molecule has 1 aliphatic heterocycles. The van der Waals surface area contributed by atoms with Crippen molar-refractivity contribution < 1.29 is 0 Å². The van der Waals surface area contributed by atoms with Crippen molar-refractivity contribution in [1.29, 1.82) is 0 Å². The van der Waals surface area contributed by atoms with Gasteiger partial charge in [-0.15, -0.1) is 0 Å². The van der Waals surface area contributed by atoms with E-state index in [0.717, 1.165) is 53.1 Å². The Hall–Kier alpha value is -2.98. The van der Waals surface area contributed by atoms with Gasteiger partial charge in [0.25, 0.3) is 0 Å². The van der Waals surface area contributed by atoms with Crippen molar-refractivity contribution in [2.75, 3.05) is 13.6 Å². The van der Waals surface area contributed by atoms with Crippen LogP contribution in [-0.4, -0.2) is 33.4 Å². The van der Waals surface area contributed by atoms with Gasteiger partial charge in [-0.1, -0.05) is 24.3 Å². The molecule has 1 N–H and O–H groups in total. The molecule has 5 rings (SSSR count). The number of fused-ring (bicyclic) bond motifs is 2. The van der Waals surface area contributed by atoms with Crippen LogP contribution in [0, 0.1) is 13.0 Å². The zero-order chi connectivity index (χ0) is 18.4. The van der Waals surface area contributed by atoms with Crippen molar-refractivity contribution >= 4 is 11.2 Å². The Morgan fingerprint density at radius 2 is 2.00 bits per heavy atom. The zero-order valence-corrected chi connectivity index (χ0v) is 15.6. The number of nitrogens with one attached hydrogen (secondary N) is 1. The third-order valence-electron chi connectivity index (χ3n) is 5.45. The lowest BCUT2D eigenvalue weighted by Gasteiger charge is -2.27. The molecule has 133 valence electrons. The van der Waals surface area contributed by atoms with E-state index < -0.39 is 0 Å². The summed E-state index contributed by atoms with van der Waals surface area (Å²) in [5.41, 5.74) is 10.2. The molecule has 0 fully saturated rings. The Labute approximate surface area is 158 Å². The average Bonchev–Trinajstić information content (AvgIpc) is 3.11. The minimum Gasteiger partial charge on any atom is -0.344 e. The van der Waals surface area contributed by atoms with Crippen LogP contribution >= 0.6 is 0 Å². The van der Waals surface area contributed by atoms with Gasteiger partial charge in [-0.05, 0) is 60.8 Å². The lowest BCUT2D eigenvalue weighted by molar-refractivity contribution is 0.312. The average molecular weight is 353 g/mol. The number of aryl methyl sites for hydroxylation is 1. The predicted octanol–water partition coefficient (Wildman–Crippen LogP) is 4.39. The molecule has 0 unspecified atom stereocenters. The van der Waals surface area contributed by atoms with Gasteiger partial charge < -0.3 is 9.88 Å². The van der Waals surface area contributed by atoms with E-state index in [2.05, 4.69) is 59.2 Å². The largest absolute Gasteiger partial charge is 0.344 e. The number of likely N-dealkylation sites (N-methyl/N-ethyl adjacent to an activating group) is 1. The van der Waals surface area contributed by atoms with E-state index in [0.29, 0.717) is 0 Å². The number of hydrogen-bond acceptors (Lipinski definition) is 3. The van der Waals surface area contributed by atoms with Crippen LogP contribution in [0.1, 0.15) is 16.7 Å². The van der Waals surface area contributed by atoms with Crippen LogP contribution in [-0.2, 0) is 13.0 Å². The van der Waals surface area contributed by atoms with Crippen LogP contribution in [0.4, 0.5) is 0 Å². The Bertz CT molecular complexity index is 1130. The summed E-state index contributed by atoms with van der Waals surface area (Å²) in [5.74, 6) is 0. The summed E-state index contributed by atoms with van der Waals surface area (Å²) >= 11 is 0. The molecule has 0 atom stereocenters. The minimum absolute atomic E-state index is 0.816. The van der Waals surface area contributed by atoms with Crippen LogP contribution < -0.4 is 0 Å². The summed E-state index contributed by atoms with van der Waals surface area (Å²) in [6, 6.07) is 15.6. The van der Waals surface area contributed by atoms with Crippen molar-refractivity contribution in [3.8, 4) is 22.4 Å². The molecule has 27 heavy (non-hydrogen) atoms. The first-order chi connectivity index (χ1) is 13.2. The van der Waals surface area contributed by atoms with E-state index in [4.69, 9.17) is 4.98 Å². The van der Waals surface area contributed by atoms with E-state index in [9.17, 15) is 0 Å². The molecular weight excluding hydrogens is 332 g/mol. The van der Waals surface area contributed by atoms with Gasteiger partial charge in [-0.3, -0.25) is 0 Å². The Morgan fingerprint density at radius 1 is 1.15 bits per heavy atom. The topological polar surface area (TPSA) is 44.8 Å². The molecule has 0 amide bonds. The monoisotopic (exact) mass is 353 g/mol. The van der Waals surface area contributed by atoms with Gasteiger partial charge in [0, 0.05) is 30.4 Å². The number of aromatic nitrogens is 3. The first-order valence-corrected chi connectivity index (χ1v) is 9.31. The van der Waals surface area contributed by atoms with Crippen molar-refractivity contribution in [3.63, 3.8) is 0 Å². The van der Waals surface area contributed by atoms with Crippen LogP contribution in [0.5, 0.6) is 0 Å². The number of H-pyrrole nitrogens is 1. The summed E-state index contributed by atoms with van der Waals surface area (Å²) in [5, 5.41) is 0. The van der Waals surface area contributed by atoms with Crippen LogP contribution in [0.25, 0.3) is 33.5 Å². The first kappa shape index (κ1) is 16.2. The second-order valence-electron chi connectivity index (χ2n) is 7.36. The molecule has 4 nitrogen and oxygen atoms in total. The van der Waals surface area contributed by atoms with Gasteiger partial charge in [-0.25, -0.2) is 9.97 Å². The first-order valence-electron chi connectivity index (χ1n) is 9.31. The third-order valence-corrected chi connectivity index (χ3v) is 5.45. The Morgan fingerprint density at radius 3 is 2.85 bits per heavy atom. The molecule has 4 aromatic rings. The summed E-state index contributed by atoms with van der Waals surface area (Å²) in [6.07, 6.45) is 4.97. The smallest absolute Gasteiger partial charge is 0.156 e. The Kier molecular flexibility index (Phi) is 3.80. The highest BCUT2D eigenvalue weighted by Crippen LogP contribution is 2.31. The SMILES string of the molecule is Cc1cc(-c2cnc3[nH]cc(-c4cc[c]cc4)c3n2)cc2c1CCN(C)C2. The maximum atomic E-state index is 4.97. The van der Waals surface area contributed by atoms with Crippen LogP contribution in [0.3, 0.4) is 0 Å². The highest BCUT2D eigenvalue weighted by Gasteiger charge is 2.17. The van der Waals surface area contributed by atoms with Crippen LogP contribution in [0.15, 0.2) is 48.8 Å². The van der Waals surface area contributed by atoms with Gasteiger partial charge in [-0.2, -0.15) is 0 Å². The molecule has 0 saturated carbocycles. The van der Waals surface area contributed by atoms with Gasteiger partial charge in [0.05, 0.1) is 11.9 Å². The van der Waals surface area contributed by atoms with Crippen molar-refractivity contribution in [1.82, 2.24) is 19.9 Å². The van der Waals surface area contributed by atoms with Crippen LogP contribution in [0.2, 0.25) is 0 Å². The van der Waals surface area contributed by atoms with E-state index >= 15 is 0 Å². The maximum absolute atomic E-state index is 4.97. The van der Waals surface area contributed by atoms with E-state index in [1.807, 2.05) is 24.5 Å². The molecule has 1 radical (unpaired) electrons. The number of benzene rings is 2. The standard InChI is InChI=1S/C23H21N4/c1-15-10-17(11-18-14-27(2)9-8-19(15)18)21-13-25-23-22(26-21)20(12-24-23)16-6-4-3-5-7-16/h4-7,10-13H,8-9,14H2,1-2H3,(H,24,25). The minimum atomic E-state index is 0.816. The zero-order valence-electron chi connectivity index (χ0n) is 15.6. The molecular formula is C23H21N4. The fourth-order valence-electron chi connectivity index (χ4n) is 4.03. The summed E-state index contributed by atoms with van der Waals surface area (Å²) in [7, 11) is 2.18. The fourth-order valence-corrected chi connectivity index (χ4v) is 4.03. The number of hydrogen-bond donors (Lipinski definition) is 1. The molecule has 4 heteroatoms. The molecule has 0 spiro atoms. The van der Waals surface area contributed by atoms with Crippen molar-refractivity contribution in [2.45, 2.75) is 19.9 Å². The highest BCUT2D eigenvalue weighted by molar-refractivity contribution is 5.91. The molecule has 2 aromatic carbocycles. The lowest BCUT2D eigenvalue weighted by Crippen LogP contribution is -2.27. The second-order valence-corrected chi connectivity index (χ2v) is 7.36. The van der Waals surface area contributed by atoms with Gasteiger partial charge in [0.2, 0.25) is 0 Å². The molecule has 1 aliphatic rings.